The van der Waals surface area contributed by atoms with Gasteiger partial charge in [0, 0.05) is 11.4 Å². The quantitative estimate of drug-likeness (QED) is 0.879. The number of para-hydroxylation sites is 1. The SMILES string of the molecule is C[C@@H]1CCCC[C@@H]1NC(=O)COC(=O)c1cc2ccccc2o1. The van der Waals surface area contributed by atoms with E-state index in [-0.39, 0.29) is 24.3 Å². The third kappa shape index (κ3) is 3.73. The lowest BCUT2D eigenvalue weighted by Crippen LogP contribution is -2.42. The number of furan rings is 1. The van der Waals surface area contributed by atoms with Gasteiger partial charge in [-0.25, -0.2) is 4.79 Å². The first-order valence-corrected chi connectivity index (χ1v) is 8.08. The number of rotatable bonds is 4. The molecule has 0 saturated heterocycles. The zero-order valence-corrected chi connectivity index (χ0v) is 13.2. The molecular formula is C18H21NO4. The van der Waals surface area contributed by atoms with Crippen molar-refractivity contribution in [1.82, 2.24) is 5.32 Å². The summed E-state index contributed by atoms with van der Waals surface area (Å²) in [5, 5.41) is 3.79. The lowest BCUT2D eigenvalue weighted by atomic mass is 9.86. The van der Waals surface area contributed by atoms with Gasteiger partial charge in [0.1, 0.15) is 5.58 Å². The van der Waals surface area contributed by atoms with Crippen LogP contribution in [0.2, 0.25) is 0 Å². The van der Waals surface area contributed by atoms with E-state index in [0.29, 0.717) is 11.5 Å². The number of esters is 1. The number of nitrogens with one attached hydrogen (secondary N) is 1. The topological polar surface area (TPSA) is 68.5 Å². The maximum Gasteiger partial charge on any atom is 0.374 e. The summed E-state index contributed by atoms with van der Waals surface area (Å²) >= 11 is 0. The van der Waals surface area contributed by atoms with Gasteiger partial charge in [0.15, 0.2) is 6.61 Å². The van der Waals surface area contributed by atoms with Crippen molar-refractivity contribution in [3.05, 3.63) is 36.1 Å². The number of ether oxygens (including phenoxy) is 1. The molecule has 0 radical (unpaired) electrons. The molecule has 5 nitrogen and oxygen atoms in total. The first-order valence-electron chi connectivity index (χ1n) is 8.08. The summed E-state index contributed by atoms with van der Waals surface area (Å²) in [6.45, 7) is 1.86. The van der Waals surface area contributed by atoms with Gasteiger partial charge in [-0.05, 0) is 30.9 Å². The summed E-state index contributed by atoms with van der Waals surface area (Å²) in [6.07, 6.45) is 4.47. The van der Waals surface area contributed by atoms with Crippen molar-refractivity contribution in [1.29, 1.82) is 0 Å². The van der Waals surface area contributed by atoms with E-state index in [1.807, 2.05) is 18.2 Å². The number of benzene rings is 1. The predicted molar refractivity (Wildman–Crippen MR) is 86.1 cm³/mol. The minimum atomic E-state index is -0.618. The molecule has 3 rings (SSSR count). The molecule has 1 aliphatic carbocycles. The van der Waals surface area contributed by atoms with Gasteiger partial charge in [-0.15, -0.1) is 0 Å². The third-order valence-corrected chi connectivity index (χ3v) is 4.42. The van der Waals surface area contributed by atoms with E-state index in [9.17, 15) is 9.59 Å². The Morgan fingerprint density at radius 3 is 2.83 bits per heavy atom. The third-order valence-electron chi connectivity index (χ3n) is 4.42. The highest BCUT2D eigenvalue weighted by molar-refractivity contribution is 5.93. The molecule has 1 amide bonds. The average molecular weight is 315 g/mol. The van der Waals surface area contributed by atoms with Crippen molar-refractivity contribution in [3.8, 4) is 0 Å². The van der Waals surface area contributed by atoms with Crippen molar-refractivity contribution < 1.29 is 18.7 Å². The number of carbonyl (C=O) groups excluding carboxylic acids is 2. The normalized spacial score (nSPS) is 21.1. The highest BCUT2D eigenvalue weighted by atomic mass is 16.5. The van der Waals surface area contributed by atoms with Crippen LogP contribution in [-0.2, 0) is 9.53 Å². The highest BCUT2D eigenvalue weighted by Crippen LogP contribution is 2.23. The van der Waals surface area contributed by atoms with Crippen molar-refractivity contribution in [2.45, 2.75) is 38.6 Å². The van der Waals surface area contributed by atoms with Crippen LogP contribution in [0.4, 0.5) is 0 Å². The van der Waals surface area contributed by atoms with E-state index in [4.69, 9.17) is 9.15 Å². The molecule has 0 unspecified atom stereocenters. The van der Waals surface area contributed by atoms with Crippen LogP contribution in [0.3, 0.4) is 0 Å². The Morgan fingerprint density at radius 1 is 1.26 bits per heavy atom. The number of hydrogen-bond donors (Lipinski definition) is 1. The summed E-state index contributed by atoms with van der Waals surface area (Å²) in [5.41, 5.74) is 0.625. The molecule has 5 heteroatoms. The van der Waals surface area contributed by atoms with E-state index >= 15 is 0 Å². The van der Waals surface area contributed by atoms with Gasteiger partial charge < -0.3 is 14.5 Å². The minimum absolute atomic E-state index is 0.116. The summed E-state index contributed by atoms with van der Waals surface area (Å²) in [6, 6.07) is 9.14. The maximum absolute atomic E-state index is 12.0. The van der Waals surface area contributed by atoms with Gasteiger partial charge in [-0.3, -0.25) is 4.79 Å². The molecule has 0 aliphatic heterocycles. The summed E-state index contributed by atoms with van der Waals surface area (Å²) in [4.78, 5) is 23.9. The molecule has 2 atom stereocenters. The number of hydrogen-bond acceptors (Lipinski definition) is 4. The predicted octanol–water partition coefficient (Wildman–Crippen LogP) is 3.28. The van der Waals surface area contributed by atoms with E-state index in [1.165, 1.54) is 6.42 Å². The van der Waals surface area contributed by atoms with E-state index in [1.54, 1.807) is 12.1 Å². The fourth-order valence-corrected chi connectivity index (χ4v) is 3.06. The number of carbonyl (C=O) groups is 2. The zero-order chi connectivity index (χ0) is 16.2. The van der Waals surface area contributed by atoms with Crippen LogP contribution in [0, 0.1) is 5.92 Å². The van der Waals surface area contributed by atoms with Crippen LogP contribution in [0.5, 0.6) is 0 Å². The zero-order valence-electron chi connectivity index (χ0n) is 13.2. The summed E-state index contributed by atoms with van der Waals surface area (Å²) in [5.74, 6) is -0.287. The molecule has 1 aromatic heterocycles. The van der Waals surface area contributed by atoms with Crippen molar-refractivity contribution >= 4 is 22.8 Å². The standard InChI is InChI=1S/C18H21NO4/c1-12-6-2-4-8-14(12)19-17(20)11-22-18(21)16-10-13-7-3-5-9-15(13)23-16/h3,5,7,9-10,12,14H,2,4,6,8,11H2,1H3,(H,19,20)/t12-,14+/m1/s1. The molecule has 1 fully saturated rings. The lowest BCUT2D eigenvalue weighted by molar-refractivity contribution is -0.125. The summed E-state index contributed by atoms with van der Waals surface area (Å²) in [7, 11) is 0. The van der Waals surface area contributed by atoms with Crippen LogP contribution in [0.25, 0.3) is 11.0 Å². The van der Waals surface area contributed by atoms with Crippen molar-refractivity contribution in [3.63, 3.8) is 0 Å². The molecule has 0 spiro atoms. The van der Waals surface area contributed by atoms with Crippen molar-refractivity contribution in [2.75, 3.05) is 6.61 Å². The summed E-state index contributed by atoms with van der Waals surface area (Å²) < 4.78 is 10.5. The fraction of sp³-hybridized carbons (Fsp3) is 0.444. The Hall–Kier alpha value is -2.30. The van der Waals surface area contributed by atoms with Crippen LogP contribution in [0.15, 0.2) is 34.7 Å². The van der Waals surface area contributed by atoms with Gasteiger partial charge in [-0.1, -0.05) is 38.0 Å². The smallest absolute Gasteiger partial charge is 0.374 e. The van der Waals surface area contributed by atoms with Crippen LogP contribution >= 0.6 is 0 Å². The Kier molecular flexibility index (Phi) is 4.65. The Labute approximate surface area is 135 Å². The Balaban J connectivity index is 1.52. The molecule has 1 N–H and O–H groups in total. The average Bonchev–Trinajstić information content (AvgIpc) is 2.99. The maximum atomic E-state index is 12.0. The first-order chi connectivity index (χ1) is 11.1. The molecule has 2 aromatic rings. The van der Waals surface area contributed by atoms with Gasteiger partial charge >= 0.3 is 5.97 Å². The molecule has 1 heterocycles. The van der Waals surface area contributed by atoms with E-state index in [0.717, 1.165) is 24.6 Å². The molecule has 122 valence electrons. The first kappa shape index (κ1) is 15.6. The molecule has 1 saturated carbocycles. The fourth-order valence-electron chi connectivity index (χ4n) is 3.06. The molecule has 1 aromatic carbocycles. The van der Waals surface area contributed by atoms with Gasteiger partial charge in [0.25, 0.3) is 5.91 Å². The van der Waals surface area contributed by atoms with E-state index < -0.39 is 5.97 Å². The van der Waals surface area contributed by atoms with Crippen LogP contribution < -0.4 is 5.32 Å². The number of amides is 1. The van der Waals surface area contributed by atoms with Crippen molar-refractivity contribution in [2.24, 2.45) is 5.92 Å². The Bertz CT molecular complexity index is 673. The van der Waals surface area contributed by atoms with E-state index in [2.05, 4.69) is 12.2 Å². The highest BCUT2D eigenvalue weighted by Gasteiger charge is 2.23. The number of fused-ring (bicyclic) bond motifs is 1. The monoisotopic (exact) mass is 315 g/mol. The Morgan fingerprint density at radius 2 is 2.04 bits per heavy atom. The molecule has 1 aliphatic rings. The molecule has 23 heavy (non-hydrogen) atoms. The van der Waals surface area contributed by atoms with Gasteiger partial charge in [0.05, 0.1) is 0 Å². The second-order valence-electron chi connectivity index (χ2n) is 6.16. The largest absolute Gasteiger partial charge is 0.450 e. The lowest BCUT2D eigenvalue weighted by Gasteiger charge is -2.29. The van der Waals surface area contributed by atoms with Crippen LogP contribution in [0.1, 0.15) is 43.2 Å². The van der Waals surface area contributed by atoms with Gasteiger partial charge in [0.2, 0.25) is 5.76 Å². The molecule has 0 bridgehead atoms. The van der Waals surface area contributed by atoms with Gasteiger partial charge in [-0.2, -0.15) is 0 Å². The van der Waals surface area contributed by atoms with Crippen LogP contribution in [-0.4, -0.2) is 24.5 Å². The second kappa shape index (κ2) is 6.86. The second-order valence-corrected chi connectivity index (χ2v) is 6.16. The molecular weight excluding hydrogens is 294 g/mol. The minimum Gasteiger partial charge on any atom is -0.450 e.